The van der Waals surface area contributed by atoms with E-state index in [-0.39, 0.29) is 24.0 Å². The molecule has 7 heteroatoms. The van der Waals surface area contributed by atoms with Crippen molar-refractivity contribution < 1.29 is 9.47 Å². The Morgan fingerprint density at radius 2 is 1.82 bits per heavy atom. The van der Waals surface area contributed by atoms with Gasteiger partial charge in [0.15, 0.2) is 17.5 Å². The smallest absolute Gasteiger partial charge is 0.188 e. The highest BCUT2D eigenvalue weighted by atomic mass is 127. The molecule has 0 amide bonds. The van der Waals surface area contributed by atoms with E-state index in [4.69, 9.17) is 15.2 Å². The SMILES string of the molecule is COc1ccc(CN=C(N)NCCCCN2CC(C)CC(C)C2)cc1OC.I. The van der Waals surface area contributed by atoms with E-state index in [1.54, 1.807) is 14.2 Å². The molecule has 2 atom stereocenters. The van der Waals surface area contributed by atoms with E-state index < -0.39 is 0 Å². The Hall–Kier alpha value is -1.22. The Balaban J connectivity index is 0.00000392. The number of hydrogen-bond acceptors (Lipinski definition) is 4. The Morgan fingerprint density at radius 3 is 2.46 bits per heavy atom. The van der Waals surface area contributed by atoms with Crippen LogP contribution in [0.3, 0.4) is 0 Å². The topological polar surface area (TPSA) is 72.1 Å². The lowest BCUT2D eigenvalue weighted by Crippen LogP contribution is -2.39. The molecule has 1 aromatic rings. The van der Waals surface area contributed by atoms with Gasteiger partial charge in [-0.25, -0.2) is 4.99 Å². The number of methoxy groups -OCH3 is 2. The number of piperidine rings is 1. The summed E-state index contributed by atoms with van der Waals surface area (Å²) >= 11 is 0. The largest absolute Gasteiger partial charge is 0.493 e. The number of nitrogens with two attached hydrogens (primary N) is 1. The van der Waals surface area contributed by atoms with Crippen molar-refractivity contribution in [2.75, 3.05) is 40.4 Å². The van der Waals surface area contributed by atoms with Crippen LogP contribution in [0, 0.1) is 11.8 Å². The highest BCUT2D eigenvalue weighted by Gasteiger charge is 2.20. The number of benzene rings is 1. The number of ether oxygens (including phenoxy) is 2. The lowest BCUT2D eigenvalue weighted by atomic mass is 9.92. The molecule has 1 aromatic carbocycles. The van der Waals surface area contributed by atoms with Crippen molar-refractivity contribution in [1.82, 2.24) is 10.2 Å². The summed E-state index contributed by atoms with van der Waals surface area (Å²) in [5, 5.41) is 3.21. The predicted octanol–water partition coefficient (Wildman–Crippen LogP) is 3.48. The average Bonchev–Trinajstić information content (AvgIpc) is 2.65. The van der Waals surface area contributed by atoms with Gasteiger partial charge in [0.25, 0.3) is 0 Å². The van der Waals surface area contributed by atoms with Crippen LogP contribution >= 0.6 is 24.0 Å². The van der Waals surface area contributed by atoms with Gasteiger partial charge in [-0.15, -0.1) is 24.0 Å². The molecule has 1 fully saturated rings. The van der Waals surface area contributed by atoms with Gasteiger partial charge >= 0.3 is 0 Å². The summed E-state index contributed by atoms with van der Waals surface area (Å²) in [7, 11) is 3.26. The van der Waals surface area contributed by atoms with Crippen molar-refractivity contribution in [2.45, 2.75) is 39.7 Å². The van der Waals surface area contributed by atoms with Crippen molar-refractivity contribution in [2.24, 2.45) is 22.6 Å². The molecule has 0 bridgehead atoms. The molecule has 1 aliphatic heterocycles. The zero-order valence-electron chi connectivity index (χ0n) is 17.7. The minimum absolute atomic E-state index is 0. The fraction of sp³-hybridized carbons (Fsp3) is 0.667. The summed E-state index contributed by atoms with van der Waals surface area (Å²) in [5.41, 5.74) is 7.02. The number of likely N-dealkylation sites (tertiary alicyclic amines) is 1. The monoisotopic (exact) mass is 504 g/mol. The van der Waals surface area contributed by atoms with Crippen LogP contribution in [0.4, 0.5) is 0 Å². The minimum atomic E-state index is 0. The maximum absolute atomic E-state index is 5.98. The van der Waals surface area contributed by atoms with E-state index in [1.165, 1.54) is 32.5 Å². The van der Waals surface area contributed by atoms with E-state index in [0.29, 0.717) is 24.0 Å². The number of nitrogens with one attached hydrogen (secondary N) is 1. The first-order valence-corrected chi connectivity index (χ1v) is 9.98. The summed E-state index contributed by atoms with van der Waals surface area (Å²) in [6.45, 7) is 9.76. The predicted molar refractivity (Wildman–Crippen MR) is 127 cm³/mol. The number of nitrogens with zero attached hydrogens (tertiary/aromatic N) is 2. The first kappa shape index (κ1) is 24.8. The minimum Gasteiger partial charge on any atom is -0.493 e. The summed E-state index contributed by atoms with van der Waals surface area (Å²) in [6.07, 6.45) is 3.66. The van der Waals surface area contributed by atoms with Crippen LogP contribution in [0.1, 0.15) is 38.7 Å². The molecule has 1 aliphatic rings. The van der Waals surface area contributed by atoms with Crippen LogP contribution in [0.25, 0.3) is 0 Å². The van der Waals surface area contributed by atoms with Crippen molar-refractivity contribution in [3.05, 3.63) is 23.8 Å². The number of unbranched alkanes of at least 4 members (excludes halogenated alkanes) is 1. The van der Waals surface area contributed by atoms with Crippen molar-refractivity contribution in [3.8, 4) is 11.5 Å². The fourth-order valence-electron chi connectivity index (χ4n) is 3.86. The molecule has 2 rings (SSSR count). The number of halogens is 1. The Kier molecular flexibility index (Phi) is 11.6. The van der Waals surface area contributed by atoms with E-state index in [1.807, 2.05) is 18.2 Å². The highest BCUT2D eigenvalue weighted by Crippen LogP contribution is 2.27. The first-order chi connectivity index (χ1) is 13.0. The van der Waals surface area contributed by atoms with Crippen molar-refractivity contribution >= 4 is 29.9 Å². The number of rotatable bonds is 9. The zero-order chi connectivity index (χ0) is 19.6. The zero-order valence-corrected chi connectivity index (χ0v) is 20.1. The van der Waals surface area contributed by atoms with Gasteiger partial charge in [-0.1, -0.05) is 19.9 Å². The molecule has 0 spiro atoms. The summed E-state index contributed by atoms with van der Waals surface area (Å²) in [5.74, 6) is 3.56. The van der Waals surface area contributed by atoms with Gasteiger partial charge in [0.2, 0.25) is 0 Å². The Bertz CT molecular complexity index is 602. The number of guanidine groups is 1. The van der Waals surface area contributed by atoms with Crippen LogP contribution in [0.2, 0.25) is 0 Å². The molecule has 3 N–H and O–H groups in total. The number of aliphatic imine (C=N–C) groups is 1. The molecule has 0 aliphatic carbocycles. The van der Waals surface area contributed by atoms with Gasteiger partial charge in [-0.3, -0.25) is 0 Å². The Morgan fingerprint density at radius 1 is 1.14 bits per heavy atom. The van der Waals surface area contributed by atoms with Crippen molar-refractivity contribution in [1.29, 1.82) is 0 Å². The molecule has 0 saturated carbocycles. The molecular formula is C21H37IN4O2. The van der Waals surface area contributed by atoms with Gasteiger partial charge in [0, 0.05) is 19.6 Å². The lowest BCUT2D eigenvalue weighted by Gasteiger charge is -2.34. The molecule has 28 heavy (non-hydrogen) atoms. The molecule has 6 nitrogen and oxygen atoms in total. The molecule has 1 saturated heterocycles. The number of hydrogen-bond donors (Lipinski definition) is 2. The van der Waals surface area contributed by atoms with Gasteiger partial charge in [-0.05, 0) is 55.3 Å². The maximum Gasteiger partial charge on any atom is 0.188 e. The van der Waals surface area contributed by atoms with Gasteiger partial charge < -0.3 is 25.4 Å². The lowest BCUT2D eigenvalue weighted by molar-refractivity contribution is 0.139. The maximum atomic E-state index is 5.98. The quantitative estimate of drug-likeness (QED) is 0.233. The summed E-state index contributed by atoms with van der Waals surface area (Å²) in [6, 6.07) is 5.78. The van der Waals surface area contributed by atoms with E-state index in [0.717, 1.165) is 30.4 Å². The Labute approximate surface area is 187 Å². The third-order valence-corrected chi connectivity index (χ3v) is 5.03. The second-order valence-corrected chi connectivity index (χ2v) is 7.73. The van der Waals surface area contributed by atoms with Gasteiger partial charge in [0.05, 0.1) is 20.8 Å². The molecule has 2 unspecified atom stereocenters. The third kappa shape index (κ3) is 8.43. The average molecular weight is 504 g/mol. The van der Waals surface area contributed by atoms with Crippen molar-refractivity contribution in [3.63, 3.8) is 0 Å². The van der Waals surface area contributed by atoms with Gasteiger partial charge in [0.1, 0.15) is 0 Å². The van der Waals surface area contributed by atoms with E-state index in [9.17, 15) is 0 Å². The first-order valence-electron chi connectivity index (χ1n) is 9.98. The fourth-order valence-corrected chi connectivity index (χ4v) is 3.86. The molecule has 0 radical (unpaired) electrons. The molecule has 160 valence electrons. The van der Waals surface area contributed by atoms with Crippen LogP contribution in [0.5, 0.6) is 11.5 Å². The normalized spacial score (nSPS) is 20.4. The van der Waals surface area contributed by atoms with Gasteiger partial charge in [-0.2, -0.15) is 0 Å². The molecule has 1 heterocycles. The summed E-state index contributed by atoms with van der Waals surface area (Å²) < 4.78 is 10.6. The molecule has 0 aromatic heterocycles. The van der Waals surface area contributed by atoms with Crippen LogP contribution in [-0.2, 0) is 6.54 Å². The summed E-state index contributed by atoms with van der Waals surface area (Å²) in [4.78, 5) is 7.01. The van der Waals surface area contributed by atoms with Crippen LogP contribution in [0.15, 0.2) is 23.2 Å². The van der Waals surface area contributed by atoms with E-state index >= 15 is 0 Å². The highest BCUT2D eigenvalue weighted by molar-refractivity contribution is 14.0. The van der Waals surface area contributed by atoms with Crippen LogP contribution in [-0.4, -0.2) is 51.3 Å². The van der Waals surface area contributed by atoms with E-state index in [2.05, 4.69) is 29.1 Å². The molecular weight excluding hydrogens is 467 g/mol. The third-order valence-electron chi connectivity index (χ3n) is 5.03. The second-order valence-electron chi connectivity index (χ2n) is 7.73. The standard InChI is InChI=1S/C21H36N4O2.HI/c1-16-11-17(2)15-25(14-16)10-6-5-9-23-21(22)24-13-18-7-8-19(26-3)20(12-18)27-4;/h7-8,12,16-17H,5-6,9-11,13-15H2,1-4H3,(H3,22,23,24);1H. The van der Waals surface area contributed by atoms with Crippen LogP contribution < -0.4 is 20.5 Å². The second kappa shape index (κ2) is 13.1.